The van der Waals surface area contributed by atoms with Crippen molar-refractivity contribution in [1.29, 1.82) is 0 Å². The molecule has 3 aromatic carbocycles. The van der Waals surface area contributed by atoms with Gasteiger partial charge in [-0.1, -0.05) is 48.0 Å². The van der Waals surface area contributed by atoms with E-state index in [1.807, 2.05) is 0 Å². The van der Waals surface area contributed by atoms with Gasteiger partial charge >= 0.3 is 5.97 Å². The van der Waals surface area contributed by atoms with Crippen LogP contribution in [-0.4, -0.2) is 30.9 Å². The number of ether oxygens (including phenoxy) is 1. The van der Waals surface area contributed by atoms with Crippen LogP contribution < -0.4 is 10.2 Å². The molecule has 1 N–H and O–H groups in total. The minimum atomic E-state index is -0.764. The molecule has 166 valence electrons. The van der Waals surface area contributed by atoms with Gasteiger partial charge in [-0.15, -0.1) is 0 Å². The van der Waals surface area contributed by atoms with Crippen LogP contribution in [0.1, 0.15) is 11.1 Å². The van der Waals surface area contributed by atoms with E-state index < -0.39 is 24.3 Å². The van der Waals surface area contributed by atoms with E-state index in [4.69, 9.17) is 16.3 Å². The first-order chi connectivity index (χ1) is 15.9. The van der Waals surface area contributed by atoms with Crippen molar-refractivity contribution in [3.63, 3.8) is 0 Å². The van der Waals surface area contributed by atoms with Gasteiger partial charge in [0.05, 0.1) is 16.9 Å². The molecule has 0 unspecified atom stereocenters. The molecule has 0 saturated heterocycles. The lowest BCUT2D eigenvalue weighted by Crippen LogP contribution is -2.44. The highest BCUT2D eigenvalue weighted by atomic mass is 35.5. The third-order valence-electron chi connectivity index (χ3n) is 4.95. The van der Waals surface area contributed by atoms with Crippen molar-refractivity contribution in [3.8, 4) is 0 Å². The molecule has 4 rings (SSSR count). The summed E-state index contributed by atoms with van der Waals surface area (Å²) in [5.41, 5.74) is 2.26. The van der Waals surface area contributed by atoms with Gasteiger partial charge < -0.3 is 10.1 Å². The Labute approximate surface area is 194 Å². The molecule has 33 heavy (non-hydrogen) atoms. The lowest BCUT2D eigenvalue weighted by molar-refractivity contribution is -0.142. The van der Waals surface area contributed by atoms with Crippen LogP contribution in [-0.2, 0) is 19.1 Å². The van der Waals surface area contributed by atoms with Gasteiger partial charge in [0.25, 0.3) is 5.91 Å². The molecular weight excluding hydrogens is 447 g/mol. The van der Waals surface area contributed by atoms with Crippen LogP contribution in [0.4, 0.5) is 15.8 Å². The van der Waals surface area contributed by atoms with Crippen LogP contribution in [0.3, 0.4) is 0 Å². The van der Waals surface area contributed by atoms with E-state index in [1.54, 1.807) is 54.6 Å². The van der Waals surface area contributed by atoms with E-state index in [0.29, 0.717) is 27.5 Å². The van der Waals surface area contributed by atoms with Crippen LogP contribution in [0.5, 0.6) is 0 Å². The highest BCUT2D eigenvalue weighted by Gasteiger charge is 2.27. The van der Waals surface area contributed by atoms with Crippen molar-refractivity contribution >= 4 is 52.4 Å². The average Bonchev–Trinajstić information content (AvgIpc) is 2.82. The van der Waals surface area contributed by atoms with E-state index in [-0.39, 0.29) is 18.0 Å². The highest BCUT2D eigenvalue weighted by Crippen LogP contribution is 2.29. The molecule has 6 nitrogen and oxygen atoms in total. The fourth-order valence-electron chi connectivity index (χ4n) is 3.35. The Bertz CT molecular complexity index is 1240. The van der Waals surface area contributed by atoms with Gasteiger partial charge in [-0.3, -0.25) is 14.5 Å². The zero-order valence-electron chi connectivity index (χ0n) is 17.3. The molecule has 2 amide bonds. The Morgan fingerprint density at radius 1 is 1.03 bits per heavy atom. The number of benzene rings is 3. The van der Waals surface area contributed by atoms with Gasteiger partial charge in [-0.05, 0) is 53.6 Å². The van der Waals surface area contributed by atoms with Crippen molar-refractivity contribution < 1.29 is 23.5 Å². The summed E-state index contributed by atoms with van der Waals surface area (Å²) in [4.78, 5) is 39.0. The van der Waals surface area contributed by atoms with Crippen LogP contribution in [0.2, 0.25) is 5.02 Å². The Kier molecular flexibility index (Phi) is 6.51. The molecule has 3 aromatic rings. The minimum Gasteiger partial charge on any atom is -0.452 e. The van der Waals surface area contributed by atoms with Crippen molar-refractivity contribution in [2.45, 2.75) is 0 Å². The first-order valence-electron chi connectivity index (χ1n) is 10.0. The van der Waals surface area contributed by atoms with Gasteiger partial charge in [-0.2, -0.15) is 0 Å². The number of amides is 2. The standard InChI is InChI=1S/C25H18ClFN2O4/c26-18-9-5-16(6-10-18)13-20(17-7-11-19(27)12-8-17)25(32)33-15-24(31)29-14-23(30)28-21-3-1-2-4-22(21)29/h1-13H,14-15H2,(H,28,30). The molecule has 1 heterocycles. The quantitative estimate of drug-likeness (QED) is 0.341. The average molecular weight is 465 g/mol. The predicted octanol–water partition coefficient (Wildman–Crippen LogP) is 4.55. The number of nitrogens with one attached hydrogen (secondary N) is 1. The zero-order valence-corrected chi connectivity index (χ0v) is 18.0. The second-order valence-electron chi connectivity index (χ2n) is 7.24. The summed E-state index contributed by atoms with van der Waals surface area (Å²) in [5, 5.41) is 3.23. The number of para-hydroxylation sites is 2. The van der Waals surface area contributed by atoms with E-state index in [1.165, 1.54) is 29.2 Å². The molecular formula is C25H18ClFN2O4. The smallest absolute Gasteiger partial charge is 0.339 e. The van der Waals surface area contributed by atoms with Gasteiger partial charge in [-0.25, -0.2) is 9.18 Å². The monoisotopic (exact) mass is 464 g/mol. The number of hydrogen-bond donors (Lipinski definition) is 1. The topological polar surface area (TPSA) is 75.7 Å². The Balaban J connectivity index is 1.55. The minimum absolute atomic E-state index is 0.141. The number of halogens is 2. The summed E-state index contributed by atoms with van der Waals surface area (Å²) in [6.07, 6.45) is 1.57. The largest absolute Gasteiger partial charge is 0.452 e. The molecule has 0 aliphatic carbocycles. The van der Waals surface area contributed by atoms with E-state index >= 15 is 0 Å². The number of esters is 1. The first kappa shape index (κ1) is 22.2. The van der Waals surface area contributed by atoms with Crippen molar-refractivity contribution in [3.05, 3.63) is 94.8 Å². The van der Waals surface area contributed by atoms with Crippen LogP contribution in [0, 0.1) is 5.82 Å². The van der Waals surface area contributed by atoms with Gasteiger partial charge in [0.15, 0.2) is 6.61 Å². The SMILES string of the molecule is O=C1CN(C(=O)COC(=O)C(=Cc2ccc(Cl)cc2)c2ccc(F)cc2)c2ccccc2N1. The Morgan fingerprint density at radius 2 is 1.73 bits per heavy atom. The van der Waals surface area contributed by atoms with E-state index in [2.05, 4.69) is 5.32 Å². The predicted molar refractivity (Wildman–Crippen MR) is 124 cm³/mol. The zero-order chi connectivity index (χ0) is 23.4. The molecule has 0 spiro atoms. The second kappa shape index (κ2) is 9.67. The summed E-state index contributed by atoms with van der Waals surface area (Å²) >= 11 is 5.93. The lowest BCUT2D eigenvalue weighted by atomic mass is 10.0. The van der Waals surface area contributed by atoms with E-state index in [9.17, 15) is 18.8 Å². The van der Waals surface area contributed by atoms with Crippen LogP contribution >= 0.6 is 11.6 Å². The molecule has 0 saturated carbocycles. The summed E-state index contributed by atoms with van der Waals surface area (Å²) in [6, 6.07) is 19.0. The normalized spacial score (nSPS) is 13.2. The van der Waals surface area contributed by atoms with Crippen molar-refractivity contribution in [1.82, 2.24) is 0 Å². The summed E-state index contributed by atoms with van der Waals surface area (Å²) < 4.78 is 18.7. The summed E-state index contributed by atoms with van der Waals surface area (Å²) in [5.74, 6) is -2.10. The molecule has 1 aliphatic rings. The third kappa shape index (κ3) is 5.27. The second-order valence-corrected chi connectivity index (χ2v) is 7.67. The molecule has 0 atom stereocenters. The summed E-state index contributed by atoms with van der Waals surface area (Å²) in [7, 11) is 0. The number of nitrogens with zero attached hydrogens (tertiary/aromatic N) is 1. The summed E-state index contributed by atoms with van der Waals surface area (Å²) in [6.45, 7) is -0.752. The molecule has 0 fully saturated rings. The fraction of sp³-hybridized carbons (Fsp3) is 0.0800. The Morgan fingerprint density at radius 3 is 2.45 bits per heavy atom. The maximum atomic E-state index is 13.4. The number of anilines is 2. The third-order valence-corrected chi connectivity index (χ3v) is 5.21. The van der Waals surface area contributed by atoms with Gasteiger partial charge in [0.1, 0.15) is 12.4 Å². The molecule has 1 aliphatic heterocycles. The Hall–Kier alpha value is -3.97. The first-order valence-corrected chi connectivity index (χ1v) is 10.4. The molecule has 8 heteroatoms. The van der Waals surface area contributed by atoms with Gasteiger partial charge in [0.2, 0.25) is 5.91 Å². The number of rotatable bonds is 5. The molecule has 0 radical (unpaired) electrons. The number of carbonyl (C=O) groups excluding carboxylic acids is 3. The van der Waals surface area contributed by atoms with Crippen molar-refractivity contribution in [2.24, 2.45) is 0 Å². The lowest BCUT2D eigenvalue weighted by Gasteiger charge is -2.28. The highest BCUT2D eigenvalue weighted by molar-refractivity contribution is 6.30. The van der Waals surface area contributed by atoms with Gasteiger partial charge in [0, 0.05) is 5.02 Å². The molecule has 0 bridgehead atoms. The van der Waals surface area contributed by atoms with Crippen LogP contribution in [0.25, 0.3) is 11.6 Å². The number of hydrogen-bond acceptors (Lipinski definition) is 4. The number of fused-ring (bicyclic) bond motifs is 1. The maximum absolute atomic E-state index is 13.4. The van der Waals surface area contributed by atoms with Crippen LogP contribution in [0.15, 0.2) is 72.8 Å². The number of carbonyl (C=O) groups is 3. The maximum Gasteiger partial charge on any atom is 0.339 e. The molecule has 0 aromatic heterocycles. The van der Waals surface area contributed by atoms with E-state index in [0.717, 1.165) is 0 Å². The fourth-order valence-corrected chi connectivity index (χ4v) is 3.48. The van der Waals surface area contributed by atoms with Crippen molar-refractivity contribution in [2.75, 3.05) is 23.4 Å².